The molecule has 0 saturated carbocycles. The lowest BCUT2D eigenvalue weighted by Crippen LogP contribution is -2.39. The Hall–Kier alpha value is -0.130. The molecule has 0 aromatic heterocycles. The van der Waals surface area contributed by atoms with Gasteiger partial charge in [-0.3, -0.25) is 0 Å². The van der Waals surface area contributed by atoms with E-state index in [9.17, 15) is 8.42 Å². The number of rotatable bonds is 8. The number of piperidine rings is 1. The van der Waals surface area contributed by atoms with E-state index in [4.69, 9.17) is 0 Å². The molecule has 0 amide bonds. The van der Waals surface area contributed by atoms with Crippen LogP contribution in [0.3, 0.4) is 0 Å². The fourth-order valence-corrected chi connectivity index (χ4v) is 3.15. The predicted octanol–water partition coefficient (Wildman–Crippen LogP) is 1.28. The highest BCUT2D eigenvalue weighted by molar-refractivity contribution is 7.90. The topological polar surface area (TPSA) is 49.4 Å². The molecule has 4 nitrogen and oxygen atoms in total. The normalized spacial score (nSPS) is 22.2. The molecule has 0 bridgehead atoms. The lowest BCUT2D eigenvalue weighted by molar-refractivity contribution is 0.159. The van der Waals surface area contributed by atoms with Gasteiger partial charge in [0.15, 0.2) is 0 Å². The van der Waals surface area contributed by atoms with Crippen molar-refractivity contribution in [3.05, 3.63) is 0 Å². The molecule has 1 rings (SSSR count). The van der Waals surface area contributed by atoms with Crippen molar-refractivity contribution in [3.8, 4) is 0 Å². The first kappa shape index (κ1) is 15.9. The average Bonchev–Trinajstić information content (AvgIpc) is 2.28. The average molecular weight is 276 g/mol. The number of nitrogens with zero attached hydrogens (tertiary/aromatic N) is 1. The van der Waals surface area contributed by atoms with E-state index in [0.717, 1.165) is 32.0 Å². The summed E-state index contributed by atoms with van der Waals surface area (Å²) in [7, 11) is -2.79. The SMILES string of the molecule is CC1CCCCN1CCCNCCCS(C)(=O)=O. The summed E-state index contributed by atoms with van der Waals surface area (Å²) in [6.07, 6.45) is 7.22. The van der Waals surface area contributed by atoms with Gasteiger partial charge in [-0.2, -0.15) is 0 Å². The molecule has 0 aromatic rings. The molecule has 108 valence electrons. The van der Waals surface area contributed by atoms with Gasteiger partial charge in [0.2, 0.25) is 0 Å². The van der Waals surface area contributed by atoms with Crippen LogP contribution < -0.4 is 5.32 Å². The highest BCUT2D eigenvalue weighted by atomic mass is 32.2. The van der Waals surface area contributed by atoms with Crippen molar-refractivity contribution in [2.75, 3.05) is 38.2 Å². The molecule has 1 N–H and O–H groups in total. The summed E-state index contributed by atoms with van der Waals surface area (Å²) in [6.45, 7) is 6.53. The Kier molecular flexibility index (Phi) is 7.19. The zero-order valence-electron chi connectivity index (χ0n) is 11.8. The van der Waals surface area contributed by atoms with Gasteiger partial charge < -0.3 is 10.2 Å². The van der Waals surface area contributed by atoms with E-state index in [1.165, 1.54) is 38.6 Å². The lowest BCUT2D eigenvalue weighted by atomic mass is 10.0. The Morgan fingerprint density at radius 3 is 2.61 bits per heavy atom. The van der Waals surface area contributed by atoms with Crippen molar-refractivity contribution in [3.63, 3.8) is 0 Å². The summed E-state index contributed by atoms with van der Waals surface area (Å²) >= 11 is 0. The van der Waals surface area contributed by atoms with E-state index in [0.29, 0.717) is 5.75 Å². The predicted molar refractivity (Wildman–Crippen MR) is 76.7 cm³/mol. The van der Waals surface area contributed by atoms with Gasteiger partial charge in [0.05, 0.1) is 5.75 Å². The van der Waals surface area contributed by atoms with E-state index in [1.807, 2.05) is 0 Å². The standard InChI is InChI=1S/C13H28N2O2S/c1-13-7-3-4-10-15(13)11-5-8-14-9-6-12-18(2,16)17/h13-14H,3-12H2,1-2H3. The van der Waals surface area contributed by atoms with Crippen LogP contribution in [0, 0.1) is 0 Å². The second-order valence-corrected chi connectivity index (χ2v) is 7.73. The van der Waals surface area contributed by atoms with Crippen LogP contribution in [0.5, 0.6) is 0 Å². The monoisotopic (exact) mass is 276 g/mol. The van der Waals surface area contributed by atoms with Crippen LogP contribution >= 0.6 is 0 Å². The minimum atomic E-state index is -2.79. The third kappa shape index (κ3) is 7.34. The van der Waals surface area contributed by atoms with Crippen LogP contribution in [0.4, 0.5) is 0 Å². The lowest BCUT2D eigenvalue weighted by Gasteiger charge is -2.33. The highest BCUT2D eigenvalue weighted by Crippen LogP contribution is 2.15. The quantitative estimate of drug-likeness (QED) is 0.678. The zero-order valence-corrected chi connectivity index (χ0v) is 12.6. The largest absolute Gasteiger partial charge is 0.317 e. The molecule has 0 radical (unpaired) electrons. The van der Waals surface area contributed by atoms with E-state index >= 15 is 0 Å². The third-order valence-electron chi connectivity index (χ3n) is 3.61. The van der Waals surface area contributed by atoms with E-state index < -0.39 is 9.84 Å². The summed E-state index contributed by atoms with van der Waals surface area (Å²) in [5.41, 5.74) is 0. The van der Waals surface area contributed by atoms with Gasteiger partial charge in [0.25, 0.3) is 0 Å². The molecule has 5 heteroatoms. The zero-order chi connectivity index (χ0) is 13.4. The van der Waals surface area contributed by atoms with Gasteiger partial charge in [0.1, 0.15) is 9.84 Å². The van der Waals surface area contributed by atoms with Crippen molar-refractivity contribution >= 4 is 9.84 Å². The molecule has 18 heavy (non-hydrogen) atoms. The van der Waals surface area contributed by atoms with Crippen LogP contribution in [0.1, 0.15) is 39.0 Å². The maximum absolute atomic E-state index is 10.9. The molecule has 0 spiro atoms. The van der Waals surface area contributed by atoms with Crippen molar-refractivity contribution in [1.29, 1.82) is 0 Å². The summed E-state index contributed by atoms with van der Waals surface area (Å²) < 4.78 is 21.9. The highest BCUT2D eigenvalue weighted by Gasteiger charge is 2.16. The molecule has 1 aliphatic rings. The molecule has 0 aromatic carbocycles. The first-order valence-corrected chi connectivity index (χ1v) is 9.17. The summed E-state index contributed by atoms with van der Waals surface area (Å²) in [5.74, 6) is 0.295. The Bertz CT molecular complexity index is 317. The van der Waals surface area contributed by atoms with Crippen molar-refractivity contribution in [1.82, 2.24) is 10.2 Å². The summed E-state index contributed by atoms with van der Waals surface area (Å²) in [6, 6.07) is 0.740. The third-order valence-corrected chi connectivity index (χ3v) is 4.64. The van der Waals surface area contributed by atoms with Crippen LogP contribution in [0.25, 0.3) is 0 Å². The van der Waals surface area contributed by atoms with E-state index in [-0.39, 0.29) is 0 Å². The Labute approximate surface area is 112 Å². The molecular weight excluding hydrogens is 248 g/mol. The summed E-state index contributed by atoms with van der Waals surface area (Å²) in [4.78, 5) is 2.57. The van der Waals surface area contributed by atoms with Crippen LogP contribution in [0.2, 0.25) is 0 Å². The Morgan fingerprint density at radius 2 is 1.94 bits per heavy atom. The molecule has 1 heterocycles. The molecule has 1 unspecified atom stereocenters. The smallest absolute Gasteiger partial charge is 0.147 e. The van der Waals surface area contributed by atoms with Crippen LogP contribution in [-0.2, 0) is 9.84 Å². The van der Waals surface area contributed by atoms with Gasteiger partial charge in [0, 0.05) is 12.3 Å². The molecule has 1 atom stereocenters. The molecular formula is C13H28N2O2S. The van der Waals surface area contributed by atoms with Gasteiger partial charge in [-0.15, -0.1) is 0 Å². The van der Waals surface area contributed by atoms with Gasteiger partial charge in [-0.1, -0.05) is 6.42 Å². The number of hydrogen-bond donors (Lipinski definition) is 1. The van der Waals surface area contributed by atoms with Gasteiger partial charge in [-0.25, -0.2) is 8.42 Å². The van der Waals surface area contributed by atoms with Gasteiger partial charge >= 0.3 is 0 Å². The molecule has 0 aliphatic carbocycles. The first-order chi connectivity index (χ1) is 8.49. The summed E-state index contributed by atoms with van der Waals surface area (Å²) in [5, 5.41) is 3.32. The van der Waals surface area contributed by atoms with E-state index in [2.05, 4.69) is 17.1 Å². The second kappa shape index (κ2) is 8.12. The molecule has 1 fully saturated rings. The minimum absolute atomic E-state index is 0.295. The maximum atomic E-state index is 10.9. The first-order valence-electron chi connectivity index (χ1n) is 7.11. The van der Waals surface area contributed by atoms with E-state index in [1.54, 1.807) is 0 Å². The van der Waals surface area contributed by atoms with Crippen molar-refractivity contribution in [2.24, 2.45) is 0 Å². The van der Waals surface area contributed by atoms with Crippen molar-refractivity contribution < 1.29 is 8.42 Å². The number of likely N-dealkylation sites (tertiary alicyclic amines) is 1. The fraction of sp³-hybridized carbons (Fsp3) is 1.00. The van der Waals surface area contributed by atoms with Crippen LogP contribution in [-0.4, -0.2) is 57.5 Å². The maximum Gasteiger partial charge on any atom is 0.147 e. The second-order valence-electron chi connectivity index (χ2n) is 5.47. The fourth-order valence-electron chi connectivity index (χ4n) is 2.48. The van der Waals surface area contributed by atoms with Crippen molar-refractivity contribution in [2.45, 2.75) is 45.1 Å². The van der Waals surface area contributed by atoms with Crippen LogP contribution in [0.15, 0.2) is 0 Å². The number of nitrogens with one attached hydrogen (secondary N) is 1. The molecule has 1 saturated heterocycles. The number of hydrogen-bond acceptors (Lipinski definition) is 4. The number of sulfone groups is 1. The van der Waals surface area contributed by atoms with Gasteiger partial charge in [-0.05, 0) is 58.8 Å². The Morgan fingerprint density at radius 1 is 1.22 bits per heavy atom. The Balaban J connectivity index is 1.95. The minimum Gasteiger partial charge on any atom is -0.317 e. The molecule has 1 aliphatic heterocycles.